The molecule has 0 saturated heterocycles. The van der Waals surface area contributed by atoms with Crippen LogP contribution in [0.2, 0.25) is 0 Å². The zero-order valence-electron chi connectivity index (χ0n) is 11.5. The lowest BCUT2D eigenvalue weighted by atomic mass is 9.70. The van der Waals surface area contributed by atoms with Crippen molar-refractivity contribution in [2.45, 2.75) is 44.9 Å². The Morgan fingerprint density at radius 1 is 1.30 bits per heavy atom. The summed E-state index contributed by atoms with van der Waals surface area (Å²) in [6, 6.07) is 4.11. The molecule has 0 aromatic heterocycles. The van der Waals surface area contributed by atoms with Gasteiger partial charge in [-0.15, -0.1) is 0 Å². The SMILES string of the molecule is O=C(O)C1(Cc2cc(Br)cc3c2OCC3)CCCCC1. The summed E-state index contributed by atoms with van der Waals surface area (Å²) >= 11 is 3.53. The molecule has 1 saturated carbocycles. The summed E-state index contributed by atoms with van der Waals surface area (Å²) in [5, 5.41) is 9.72. The van der Waals surface area contributed by atoms with E-state index in [1.807, 2.05) is 6.07 Å². The summed E-state index contributed by atoms with van der Waals surface area (Å²) in [6.07, 6.45) is 6.26. The van der Waals surface area contributed by atoms with Gasteiger partial charge in [0.2, 0.25) is 0 Å². The van der Waals surface area contributed by atoms with Gasteiger partial charge in [-0.2, -0.15) is 0 Å². The Kier molecular flexibility index (Phi) is 3.76. The van der Waals surface area contributed by atoms with E-state index in [0.717, 1.165) is 54.3 Å². The lowest BCUT2D eigenvalue weighted by molar-refractivity contribution is -0.151. The summed E-state index contributed by atoms with van der Waals surface area (Å²) < 4.78 is 6.76. The van der Waals surface area contributed by atoms with Crippen LogP contribution in [0.3, 0.4) is 0 Å². The highest BCUT2D eigenvalue weighted by molar-refractivity contribution is 9.10. The first-order chi connectivity index (χ1) is 9.61. The number of carbonyl (C=O) groups is 1. The maximum absolute atomic E-state index is 11.8. The molecule has 1 N–H and O–H groups in total. The number of aliphatic carboxylic acids is 1. The number of carboxylic acids is 1. The number of carboxylic acid groups (broad SMARTS) is 1. The van der Waals surface area contributed by atoms with Crippen LogP contribution in [0.1, 0.15) is 43.2 Å². The molecule has 0 amide bonds. The highest BCUT2D eigenvalue weighted by Crippen LogP contribution is 2.43. The number of rotatable bonds is 3. The number of hydrogen-bond acceptors (Lipinski definition) is 2. The van der Waals surface area contributed by atoms with Crippen molar-refractivity contribution in [3.05, 3.63) is 27.7 Å². The fourth-order valence-electron chi connectivity index (χ4n) is 3.54. The Morgan fingerprint density at radius 3 is 2.75 bits per heavy atom. The average molecular weight is 339 g/mol. The molecule has 0 spiro atoms. The molecule has 3 rings (SSSR count). The first kappa shape index (κ1) is 13.9. The monoisotopic (exact) mass is 338 g/mol. The molecule has 1 fully saturated rings. The number of benzene rings is 1. The minimum absolute atomic E-state index is 0.587. The Labute approximate surface area is 127 Å². The van der Waals surface area contributed by atoms with Gasteiger partial charge in [-0.05, 0) is 42.5 Å². The topological polar surface area (TPSA) is 46.5 Å². The molecule has 1 aromatic rings. The van der Waals surface area contributed by atoms with Gasteiger partial charge in [0.25, 0.3) is 0 Å². The number of fused-ring (bicyclic) bond motifs is 1. The Hall–Kier alpha value is -1.03. The highest BCUT2D eigenvalue weighted by Gasteiger charge is 2.40. The zero-order valence-corrected chi connectivity index (χ0v) is 13.0. The summed E-state index contributed by atoms with van der Waals surface area (Å²) in [7, 11) is 0. The minimum atomic E-state index is -0.649. The minimum Gasteiger partial charge on any atom is -0.493 e. The van der Waals surface area contributed by atoms with Gasteiger partial charge in [0.05, 0.1) is 12.0 Å². The number of halogens is 1. The van der Waals surface area contributed by atoms with Gasteiger partial charge in [0.15, 0.2) is 0 Å². The van der Waals surface area contributed by atoms with Crippen LogP contribution in [0.25, 0.3) is 0 Å². The first-order valence-electron chi connectivity index (χ1n) is 7.28. The standard InChI is InChI=1S/C16H19BrO3/c17-13-8-11-4-7-20-14(11)12(9-13)10-16(15(18)19)5-2-1-3-6-16/h8-9H,1-7,10H2,(H,18,19). The summed E-state index contributed by atoms with van der Waals surface area (Å²) in [5.74, 6) is 0.281. The van der Waals surface area contributed by atoms with E-state index in [1.165, 1.54) is 5.56 Å². The predicted octanol–water partition coefficient (Wildman–Crippen LogP) is 3.96. The van der Waals surface area contributed by atoms with Crippen molar-refractivity contribution < 1.29 is 14.6 Å². The lowest BCUT2D eigenvalue weighted by Gasteiger charge is -2.33. The van der Waals surface area contributed by atoms with E-state index < -0.39 is 11.4 Å². The molecule has 1 aromatic carbocycles. The molecule has 0 radical (unpaired) electrons. The van der Waals surface area contributed by atoms with Crippen molar-refractivity contribution >= 4 is 21.9 Å². The van der Waals surface area contributed by atoms with Gasteiger partial charge in [-0.3, -0.25) is 4.79 Å². The van der Waals surface area contributed by atoms with E-state index in [9.17, 15) is 9.90 Å². The van der Waals surface area contributed by atoms with E-state index in [4.69, 9.17) is 4.74 Å². The smallest absolute Gasteiger partial charge is 0.309 e. The van der Waals surface area contributed by atoms with Crippen LogP contribution in [-0.2, 0) is 17.6 Å². The van der Waals surface area contributed by atoms with E-state index in [-0.39, 0.29) is 0 Å². The molecule has 1 aliphatic carbocycles. The third kappa shape index (κ3) is 2.46. The number of ether oxygens (including phenoxy) is 1. The van der Waals surface area contributed by atoms with Crippen molar-refractivity contribution in [3.63, 3.8) is 0 Å². The molecule has 0 unspecified atom stereocenters. The van der Waals surface area contributed by atoms with Gasteiger partial charge < -0.3 is 9.84 Å². The molecule has 0 bridgehead atoms. The van der Waals surface area contributed by atoms with Gasteiger partial charge in [0, 0.05) is 10.9 Å². The molecule has 1 aliphatic heterocycles. The van der Waals surface area contributed by atoms with Gasteiger partial charge in [-0.25, -0.2) is 0 Å². The quantitative estimate of drug-likeness (QED) is 0.907. The van der Waals surface area contributed by atoms with Crippen LogP contribution < -0.4 is 4.74 Å². The van der Waals surface area contributed by atoms with Gasteiger partial charge in [0.1, 0.15) is 5.75 Å². The fourth-order valence-corrected chi connectivity index (χ4v) is 4.09. The van der Waals surface area contributed by atoms with Crippen LogP contribution in [0.5, 0.6) is 5.75 Å². The lowest BCUT2D eigenvalue weighted by Crippen LogP contribution is -2.35. The predicted molar refractivity (Wildman–Crippen MR) is 80.2 cm³/mol. The molecule has 20 heavy (non-hydrogen) atoms. The molecule has 1 heterocycles. The van der Waals surface area contributed by atoms with Gasteiger partial charge in [-0.1, -0.05) is 35.2 Å². The maximum atomic E-state index is 11.8. The second kappa shape index (κ2) is 5.40. The van der Waals surface area contributed by atoms with E-state index in [2.05, 4.69) is 22.0 Å². The van der Waals surface area contributed by atoms with Crippen LogP contribution in [-0.4, -0.2) is 17.7 Å². The van der Waals surface area contributed by atoms with Crippen molar-refractivity contribution in [1.29, 1.82) is 0 Å². The molecule has 4 heteroatoms. The van der Waals surface area contributed by atoms with Crippen molar-refractivity contribution in [2.24, 2.45) is 5.41 Å². The molecular weight excluding hydrogens is 320 g/mol. The van der Waals surface area contributed by atoms with Crippen LogP contribution in [0.15, 0.2) is 16.6 Å². The molecule has 2 aliphatic rings. The zero-order chi connectivity index (χ0) is 14.2. The van der Waals surface area contributed by atoms with Crippen molar-refractivity contribution in [2.75, 3.05) is 6.61 Å². The average Bonchev–Trinajstić information content (AvgIpc) is 2.88. The second-order valence-corrected chi connectivity index (χ2v) is 6.89. The van der Waals surface area contributed by atoms with Gasteiger partial charge >= 0.3 is 5.97 Å². The Balaban J connectivity index is 1.95. The van der Waals surface area contributed by atoms with Crippen molar-refractivity contribution in [1.82, 2.24) is 0 Å². The maximum Gasteiger partial charge on any atom is 0.309 e. The van der Waals surface area contributed by atoms with E-state index in [1.54, 1.807) is 0 Å². The molecule has 3 nitrogen and oxygen atoms in total. The number of hydrogen-bond donors (Lipinski definition) is 1. The largest absolute Gasteiger partial charge is 0.493 e. The highest BCUT2D eigenvalue weighted by atomic mass is 79.9. The molecule has 108 valence electrons. The van der Waals surface area contributed by atoms with E-state index in [0.29, 0.717) is 13.0 Å². The summed E-state index contributed by atoms with van der Waals surface area (Å²) in [5.41, 5.74) is 1.65. The van der Waals surface area contributed by atoms with Crippen molar-refractivity contribution in [3.8, 4) is 5.75 Å². The normalized spacial score (nSPS) is 20.2. The second-order valence-electron chi connectivity index (χ2n) is 5.97. The van der Waals surface area contributed by atoms with Crippen LogP contribution >= 0.6 is 15.9 Å². The summed E-state index contributed by atoms with van der Waals surface area (Å²) in [4.78, 5) is 11.8. The van der Waals surface area contributed by atoms with E-state index >= 15 is 0 Å². The van der Waals surface area contributed by atoms with Crippen LogP contribution in [0, 0.1) is 5.41 Å². The third-order valence-corrected chi connectivity index (χ3v) is 5.08. The summed E-state index contributed by atoms with van der Waals surface area (Å²) in [6.45, 7) is 0.707. The fraction of sp³-hybridized carbons (Fsp3) is 0.562. The Morgan fingerprint density at radius 2 is 2.05 bits per heavy atom. The molecular formula is C16H19BrO3. The Bertz CT molecular complexity index is 533. The molecule has 0 atom stereocenters. The first-order valence-corrected chi connectivity index (χ1v) is 8.07. The van der Waals surface area contributed by atoms with Crippen LogP contribution in [0.4, 0.5) is 0 Å². The third-order valence-electron chi connectivity index (χ3n) is 4.62.